The third-order valence-corrected chi connectivity index (χ3v) is 6.17. The van der Waals surface area contributed by atoms with Crippen molar-refractivity contribution in [2.75, 3.05) is 7.11 Å². The Hall–Kier alpha value is -4.85. The molecular formula is C28H21NO7. The van der Waals surface area contributed by atoms with Crippen LogP contribution in [-0.2, 0) is 9.53 Å². The standard InChI is InChI=1S/C28H21NO7/c1-35-22(31)13-18(16-9-10-19-17(12-16)8-5-11-29-19)23-25(32)27(34)26(33)24-20(30)14-21(36-28(23)24)15-6-3-2-4-7-15/h2-12,14,18,32-34H,13H2,1H3/t18-/m0/s1. The molecule has 0 aliphatic carbocycles. The Kier molecular flexibility index (Phi) is 5.77. The average molecular weight is 483 g/mol. The van der Waals surface area contributed by atoms with Gasteiger partial charge in [0.25, 0.3) is 0 Å². The van der Waals surface area contributed by atoms with Crippen LogP contribution in [-0.4, -0.2) is 33.4 Å². The second-order valence-electron chi connectivity index (χ2n) is 8.29. The lowest BCUT2D eigenvalue weighted by Gasteiger charge is -2.21. The van der Waals surface area contributed by atoms with Gasteiger partial charge in [-0.2, -0.15) is 0 Å². The lowest BCUT2D eigenvalue weighted by molar-refractivity contribution is -0.140. The van der Waals surface area contributed by atoms with Crippen LogP contribution in [0.1, 0.15) is 23.5 Å². The van der Waals surface area contributed by atoms with Crippen molar-refractivity contribution < 1.29 is 29.3 Å². The zero-order valence-electron chi connectivity index (χ0n) is 19.1. The van der Waals surface area contributed by atoms with Gasteiger partial charge in [-0.3, -0.25) is 14.6 Å². The first kappa shape index (κ1) is 22.9. The van der Waals surface area contributed by atoms with E-state index in [1.54, 1.807) is 54.7 Å². The lowest BCUT2D eigenvalue weighted by atomic mass is 9.85. The zero-order chi connectivity index (χ0) is 25.4. The van der Waals surface area contributed by atoms with Crippen LogP contribution >= 0.6 is 0 Å². The Morgan fingerprint density at radius 1 is 0.972 bits per heavy atom. The summed E-state index contributed by atoms with van der Waals surface area (Å²) in [5.41, 5.74) is 1.10. The smallest absolute Gasteiger partial charge is 0.306 e. The molecule has 0 amide bonds. The van der Waals surface area contributed by atoms with E-state index in [-0.39, 0.29) is 28.7 Å². The normalized spacial score (nSPS) is 12.0. The summed E-state index contributed by atoms with van der Waals surface area (Å²) in [4.78, 5) is 29.9. The van der Waals surface area contributed by atoms with Crippen LogP contribution in [0.2, 0.25) is 0 Å². The van der Waals surface area contributed by atoms with Crippen molar-refractivity contribution in [3.05, 3.63) is 94.3 Å². The number of phenols is 3. The van der Waals surface area contributed by atoms with Crippen molar-refractivity contribution in [1.82, 2.24) is 4.98 Å². The summed E-state index contributed by atoms with van der Waals surface area (Å²) in [5, 5.41) is 32.6. The molecule has 8 heteroatoms. The highest BCUT2D eigenvalue weighted by atomic mass is 16.5. The minimum atomic E-state index is -0.898. The van der Waals surface area contributed by atoms with Gasteiger partial charge in [-0.05, 0) is 23.8 Å². The minimum absolute atomic E-state index is 0.0242. The summed E-state index contributed by atoms with van der Waals surface area (Å²) in [6, 6.07) is 19.0. The number of carbonyl (C=O) groups is 1. The molecule has 2 aromatic heterocycles. The maximum absolute atomic E-state index is 13.1. The van der Waals surface area contributed by atoms with E-state index in [0.29, 0.717) is 11.1 Å². The van der Waals surface area contributed by atoms with E-state index in [9.17, 15) is 24.9 Å². The molecule has 180 valence electrons. The van der Waals surface area contributed by atoms with Gasteiger partial charge in [0.05, 0.1) is 19.0 Å². The number of benzene rings is 3. The molecule has 0 aliphatic heterocycles. The maximum atomic E-state index is 13.1. The monoisotopic (exact) mass is 483 g/mol. The highest BCUT2D eigenvalue weighted by Gasteiger charge is 2.31. The number of fused-ring (bicyclic) bond motifs is 2. The Labute approximate surface area is 204 Å². The van der Waals surface area contributed by atoms with Gasteiger partial charge in [0.1, 0.15) is 16.7 Å². The predicted molar refractivity (Wildman–Crippen MR) is 133 cm³/mol. The Morgan fingerprint density at radius 2 is 1.75 bits per heavy atom. The molecule has 3 N–H and O–H groups in total. The second-order valence-corrected chi connectivity index (χ2v) is 8.29. The first-order valence-electron chi connectivity index (χ1n) is 11.1. The maximum Gasteiger partial charge on any atom is 0.306 e. The molecular weight excluding hydrogens is 462 g/mol. The lowest BCUT2D eigenvalue weighted by Crippen LogP contribution is -2.12. The molecule has 2 heterocycles. The molecule has 1 atom stereocenters. The van der Waals surface area contributed by atoms with E-state index < -0.39 is 34.6 Å². The number of rotatable bonds is 5. The molecule has 0 bridgehead atoms. The molecule has 8 nitrogen and oxygen atoms in total. The fourth-order valence-electron chi connectivity index (χ4n) is 4.39. The van der Waals surface area contributed by atoms with Crippen molar-refractivity contribution in [3.63, 3.8) is 0 Å². The summed E-state index contributed by atoms with van der Waals surface area (Å²) in [6.07, 6.45) is 1.42. The quantitative estimate of drug-likeness (QED) is 0.240. The average Bonchev–Trinajstić information content (AvgIpc) is 2.91. The van der Waals surface area contributed by atoms with Gasteiger partial charge in [-0.15, -0.1) is 0 Å². The summed E-state index contributed by atoms with van der Waals surface area (Å²) < 4.78 is 11.0. The van der Waals surface area contributed by atoms with E-state index >= 15 is 0 Å². The number of esters is 1. The Morgan fingerprint density at radius 3 is 2.50 bits per heavy atom. The molecule has 0 radical (unpaired) electrons. The number of hydrogen-bond donors (Lipinski definition) is 3. The Bertz CT molecular complexity index is 1680. The third-order valence-electron chi connectivity index (χ3n) is 6.17. The first-order valence-corrected chi connectivity index (χ1v) is 11.1. The van der Waals surface area contributed by atoms with E-state index in [1.807, 2.05) is 12.1 Å². The second kappa shape index (κ2) is 9.07. The summed E-state index contributed by atoms with van der Waals surface area (Å²) in [7, 11) is 1.24. The van der Waals surface area contributed by atoms with Crippen LogP contribution in [0.3, 0.4) is 0 Å². The number of phenolic OH excluding ortho intramolecular Hbond substituents is 3. The number of methoxy groups -OCH3 is 1. The topological polar surface area (TPSA) is 130 Å². The summed E-state index contributed by atoms with van der Waals surface area (Å²) in [6.45, 7) is 0. The number of pyridine rings is 1. The molecule has 5 rings (SSSR count). The number of nitrogens with zero attached hydrogens (tertiary/aromatic N) is 1. The van der Waals surface area contributed by atoms with Gasteiger partial charge in [0.15, 0.2) is 16.9 Å². The van der Waals surface area contributed by atoms with Gasteiger partial charge in [0, 0.05) is 34.7 Å². The largest absolute Gasteiger partial charge is 0.504 e. The minimum Gasteiger partial charge on any atom is -0.504 e. The SMILES string of the molecule is COC(=O)C[C@@H](c1ccc2ncccc2c1)c1c(O)c(O)c(O)c2c(=O)cc(-c3ccccc3)oc12. The molecule has 0 spiro atoms. The molecule has 0 saturated carbocycles. The van der Waals surface area contributed by atoms with Gasteiger partial charge in [-0.25, -0.2) is 0 Å². The predicted octanol–water partition coefficient (Wildman–Crippen LogP) is 4.82. The first-order chi connectivity index (χ1) is 17.4. The van der Waals surface area contributed by atoms with Crippen molar-refractivity contribution in [3.8, 4) is 28.6 Å². The molecule has 0 fully saturated rings. The summed E-state index contributed by atoms with van der Waals surface area (Å²) >= 11 is 0. The number of aromatic hydroxyl groups is 3. The molecule has 36 heavy (non-hydrogen) atoms. The highest BCUT2D eigenvalue weighted by molar-refractivity contribution is 5.94. The summed E-state index contributed by atoms with van der Waals surface area (Å²) in [5.74, 6) is -3.68. The molecule has 0 aliphatic rings. The fraction of sp³-hybridized carbons (Fsp3) is 0.107. The van der Waals surface area contributed by atoms with E-state index in [4.69, 9.17) is 9.15 Å². The Balaban J connectivity index is 1.85. The number of carbonyl (C=O) groups excluding carboxylic acids is 1. The van der Waals surface area contributed by atoms with E-state index in [1.165, 1.54) is 13.2 Å². The van der Waals surface area contributed by atoms with Gasteiger partial charge in [0.2, 0.25) is 5.75 Å². The number of hydrogen-bond acceptors (Lipinski definition) is 8. The van der Waals surface area contributed by atoms with Crippen molar-refractivity contribution in [2.24, 2.45) is 0 Å². The molecule has 0 unspecified atom stereocenters. The fourth-order valence-corrected chi connectivity index (χ4v) is 4.39. The van der Waals surface area contributed by atoms with Crippen LogP contribution in [0, 0.1) is 0 Å². The van der Waals surface area contributed by atoms with Crippen LogP contribution < -0.4 is 5.43 Å². The van der Waals surface area contributed by atoms with E-state index in [0.717, 1.165) is 10.9 Å². The van der Waals surface area contributed by atoms with Crippen molar-refractivity contribution in [1.29, 1.82) is 0 Å². The highest BCUT2D eigenvalue weighted by Crippen LogP contribution is 2.49. The van der Waals surface area contributed by atoms with Crippen LogP contribution in [0.4, 0.5) is 0 Å². The van der Waals surface area contributed by atoms with Gasteiger partial charge < -0.3 is 24.5 Å². The number of ether oxygens (including phenoxy) is 1. The van der Waals surface area contributed by atoms with Crippen LogP contribution in [0.15, 0.2) is 82.1 Å². The van der Waals surface area contributed by atoms with E-state index in [2.05, 4.69) is 4.98 Å². The molecule has 0 saturated heterocycles. The van der Waals surface area contributed by atoms with Crippen molar-refractivity contribution >= 4 is 27.8 Å². The van der Waals surface area contributed by atoms with Crippen LogP contribution in [0.25, 0.3) is 33.2 Å². The molecule has 3 aromatic carbocycles. The number of aromatic nitrogens is 1. The van der Waals surface area contributed by atoms with Crippen LogP contribution in [0.5, 0.6) is 17.2 Å². The van der Waals surface area contributed by atoms with Crippen molar-refractivity contribution in [2.45, 2.75) is 12.3 Å². The zero-order valence-corrected chi connectivity index (χ0v) is 19.1. The van der Waals surface area contributed by atoms with Gasteiger partial charge >= 0.3 is 5.97 Å². The third kappa shape index (κ3) is 3.88. The van der Waals surface area contributed by atoms with Gasteiger partial charge in [-0.1, -0.05) is 42.5 Å². The molecule has 5 aromatic rings.